The molecule has 0 radical (unpaired) electrons. The number of fused-ring (bicyclic) bond motifs is 3. The van der Waals surface area contributed by atoms with E-state index in [-0.39, 0.29) is 18.6 Å². The minimum Gasteiger partial charge on any atom is -0.394 e. The zero-order chi connectivity index (χ0) is 24.9. The molecule has 1 atom stereocenters. The van der Waals surface area contributed by atoms with E-state index >= 15 is 0 Å². The zero-order valence-corrected chi connectivity index (χ0v) is 20.9. The highest BCUT2D eigenvalue weighted by molar-refractivity contribution is 5.88. The van der Waals surface area contributed by atoms with E-state index in [1.807, 2.05) is 52.0 Å². The van der Waals surface area contributed by atoms with Gasteiger partial charge in [0.05, 0.1) is 12.6 Å². The molecule has 36 heavy (non-hydrogen) atoms. The number of amides is 1. The van der Waals surface area contributed by atoms with Crippen LogP contribution in [0.5, 0.6) is 0 Å². The van der Waals surface area contributed by atoms with Gasteiger partial charge in [-0.25, -0.2) is 9.50 Å². The molecule has 2 aliphatic rings. The molecular formula is C27H35N7O2. The first-order chi connectivity index (χ1) is 17.7. The standard InChI is InChI=1S/C27H35N7O2/c1-2-31-13-15-32(16-14-31)11-6-9-25(36)33-12-10-23-22(17-33)18-34-26(23)27(28-20-29-34)30-24(19-35)21-7-4-3-5-8-21/h3-9,18,20,24,35H,2,10-17,19H2,1H3,(H,28,29,30)/b9-6+/t24-/m1/s1. The molecule has 9 heteroatoms. The number of carbonyl (C=O) groups is 1. The number of carbonyl (C=O) groups excluding carboxylic acids is 1. The maximum atomic E-state index is 12.9. The summed E-state index contributed by atoms with van der Waals surface area (Å²) in [4.78, 5) is 24.2. The van der Waals surface area contributed by atoms with Crippen molar-refractivity contribution in [3.05, 3.63) is 71.7 Å². The lowest BCUT2D eigenvalue weighted by Crippen LogP contribution is -2.46. The highest BCUT2D eigenvalue weighted by Gasteiger charge is 2.25. The number of anilines is 1. The topological polar surface area (TPSA) is 89.2 Å². The van der Waals surface area contributed by atoms with Gasteiger partial charge >= 0.3 is 0 Å². The minimum atomic E-state index is -0.271. The fourth-order valence-corrected chi connectivity index (χ4v) is 5.14. The lowest BCUT2D eigenvalue weighted by atomic mass is 10.0. The highest BCUT2D eigenvalue weighted by Crippen LogP contribution is 2.30. The third-order valence-corrected chi connectivity index (χ3v) is 7.30. The van der Waals surface area contributed by atoms with E-state index in [1.165, 1.54) is 6.33 Å². The van der Waals surface area contributed by atoms with Gasteiger partial charge in [-0.1, -0.05) is 43.3 Å². The van der Waals surface area contributed by atoms with Crippen molar-refractivity contribution in [2.45, 2.75) is 25.9 Å². The Balaban J connectivity index is 1.26. The molecule has 0 saturated carbocycles. The van der Waals surface area contributed by atoms with Crippen LogP contribution in [-0.2, 0) is 17.8 Å². The maximum Gasteiger partial charge on any atom is 0.246 e. The van der Waals surface area contributed by atoms with Crippen molar-refractivity contribution in [3.8, 4) is 0 Å². The summed E-state index contributed by atoms with van der Waals surface area (Å²) in [6, 6.07) is 9.58. The molecule has 0 unspecified atom stereocenters. The van der Waals surface area contributed by atoms with E-state index in [0.717, 1.165) is 67.9 Å². The summed E-state index contributed by atoms with van der Waals surface area (Å²) in [5.41, 5.74) is 4.15. The summed E-state index contributed by atoms with van der Waals surface area (Å²) in [5.74, 6) is 0.744. The van der Waals surface area contributed by atoms with E-state index in [2.05, 4.69) is 32.1 Å². The van der Waals surface area contributed by atoms with E-state index < -0.39 is 0 Å². The molecule has 2 N–H and O–H groups in total. The molecule has 2 aliphatic heterocycles. The van der Waals surface area contributed by atoms with Crippen LogP contribution in [0.2, 0.25) is 0 Å². The monoisotopic (exact) mass is 489 g/mol. The van der Waals surface area contributed by atoms with Crippen molar-refractivity contribution < 1.29 is 9.90 Å². The van der Waals surface area contributed by atoms with E-state index in [1.54, 1.807) is 6.08 Å². The van der Waals surface area contributed by atoms with Gasteiger partial charge in [0.15, 0.2) is 5.82 Å². The van der Waals surface area contributed by atoms with Gasteiger partial charge in [0.2, 0.25) is 5.91 Å². The number of hydrogen-bond acceptors (Lipinski definition) is 7. The van der Waals surface area contributed by atoms with Crippen LogP contribution >= 0.6 is 0 Å². The number of benzene rings is 1. The number of aromatic nitrogens is 3. The predicted octanol–water partition coefficient (Wildman–Crippen LogP) is 1.95. The Labute approximate surface area is 212 Å². The third-order valence-electron chi connectivity index (χ3n) is 7.30. The molecule has 1 amide bonds. The number of nitrogens with one attached hydrogen (secondary N) is 1. The second kappa shape index (κ2) is 11.2. The number of hydrogen-bond donors (Lipinski definition) is 2. The molecule has 190 valence electrons. The first-order valence-corrected chi connectivity index (χ1v) is 12.8. The van der Waals surface area contributed by atoms with Crippen molar-refractivity contribution in [1.82, 2.24) is 29.3 Å². The average Bonchev–Trinajstić information content (AvgIpc) is 3.31. The molecule has 0 bridgehead atoms. The van der Waals surface area contributed by atoms with Gasteiger partial charge in [0, 0.05) is 58.1 Å². The first-order valence-electron chi connectivity index (χ1n) is 12.8. The molecule has 0 aliphatic carbocycles. The van der Waals surface area contributed by atoms with Crippen LogP contribution in [0.3, 0.4) is 0 Å². The van der Waals surface area contributed by atoms with Crippen LogP contribution in [0.1, 0.15) is 29.7 Å². The fraction of sp³-hybridized carbons (Fsp3) is 0.444. The molecule has 1 saturated heterocycles. The second-order valence-electron chi connectivity index (χ2n) is 9.47. The number of piperazine rings is 1. The SMILES string of the molecule is CCN1CCN(C/C=C/C(=O)N2CCc3c(cn4ncnc(N[C@H](CO)c5ccccc5)c34)C2)CC1. The van der Waals surface area contributed by atoms with Gasteiger partial charge in [-0.05, 0) is 29.7 Å². The largest absolute Gasteiger partial charge is 0.394 e. The predicted molar refractivity (Wildman–Crippen MR) is 140 cm³/mol. The Kier molecular flexibility index (Phi) is 7.60. The molecule has 4 heterocycles. The van der Waals surface area contributed by atoms with Crippen LogP contribution < -0.4 is 5.32 Å². The molecule has 1 fully saturated rings. The number of aliphatic hydroxyl groups is 1. The Bertz CT molecular complexity index is 1200. The highest BCUT2D eigenvalue weighted by atomic mass is 16.3. The average molecular weight is 490 g/mol. The summed E-state index contributed by atoms with van der Waals surface area (Å²) in [6.07, 6.45) is 7.98. The van der Waals surface area contributed by atoms with Gasteiger partial charge in [0.25, 0.3) is 0 Å². The minimum absolute atomic E-state index is 0.0496. The van der Waals surface area contributed by atoms with Crippen LogP contribution in [-0.4, -0.2) is 92.7 Å². The van der Waals surface area contributed by atoms with Crippen LogP contribution in [0.4, 0.5) is 5.82 Å². The number of rotatable bonds is 8. The number of likely N-dealkylation sites (N-methyl/N-ethyl adjacent to an activating group) is 1. The van der Waals surface area contributed by atoms with E-state index in [4.69, 9.17) is 0 Å². The quantitative estimate of drug-likeness (QED) is 0.468. The third kappa shape index (κ3) is 5.28. The van der Waals surface area contributed by atoms with E-state index in [9.17, 15) is 9.90 Å². The Hall–Kier alpha value is -3.27. The van der Waals surface area contributed by atoms with Gasteiger partial charge in [-0.2, -0.15) is 5.10 Å². The number of aliphatic hydroxyl groups excluding tert-OH is 1. The van der Waals surface area contributed by atoms with Gasteiger partial charge < -0.3 is 20.2 Å². The summed E-state index contributed by atoms with van der Waals surface area (Å²) >= 11 is 0. The first kappa shape index (κ1) is 24.4. The summed E-state index contributed by atoms with van der Waals surface area (Å²) in [7, 11) is 0. The molecular weight excluding hydrogens is 454 g/mol. The fourth-order valence-electron chi connectivity index (χ4n) is 5.14. The Morgan fingerprint density at radius 3 is 2.67 bits per heavy atom. The van der Waals surface area contributed by atoms with Gasteiger partial charge in [0.1, 0.15) is 11.8 Å². The molecule has 0 spiro atoms. The van der Waals surface area contributed by atoms with Crippen LogP contribution in [0.15, 0.2) is 55.0 Å². The van der Waals surface area contributed by atoms with Crippen molar-refractivity contribution in [2.24, 2.45) is 0 Å². The van der Waals surface area contributed by atoms with Crippen molar-refractivity contribution >= 4 is 17.2 Å². The molecule has 5 rings (SSSR count). The zero-order valence-electron chi connectivity index (χ0n) is 20.9. The van der Waals surface area contributed by atoms with Gasteiger partial charge in [-0.15, -0.1) is 0 Å². The Morgan fingerprint density at radius 2 is 1.92 bits per heavy atom. The smallest absolute Gasteiger partial charge is 0.246 e. The maximum absolute atomic E-state index is 12.9. The lowest BCUT2D eigenvalue weighted by Gasteiger charge is -2.33. The second-order valence-corrected chi connectivity index (χ2v) is 9.47. The summed E-state index contributed by atoms with van der Waals surface area (Å²) < 4.78 is 1.83. The van der Waals surface area contributed by atoms with E-state index in [0.29, 0.717) is 18.9 Å². The lowest BCUT2D eigenvalue weighted by molar-refractivity contribution is -0.126. The van der Waals surface area contributed by atoms with Crippen molar-refractivity contribution in [2.75, 3.05) is 57.7 Å². The van der Waals surface area contributed by atoms with Crippen LogP contribution in [0.25, 0.3) is 5.52 Å². The van der Waals surface area contributed by atoms with Crippen molar-refractivity contribution in [1.29, 1.82) is 0 Å². The molecule has 9 nitrogen and oxygen atoms in total. The Morgan fingerprint density at radius 1 is 1.14 bits per heavy atom. The molecule has 1 aromatic carbocycles. The normalized spacial score (nSPS) is 18.0. The van der Waals surface area contributed by atoms with Crippen molar-refractivity contribution in [3.63, 3.8) is 0 Å². The summed E-state index contributed by atoms with van der Waals surface area (Å²) in [6.45, 7) is 9.58. The van der Waals surface area contributed by atoms with Gasteiger partial charge in [-0.3, -0.25) is 9.69 Å². The molecule has 3 aromatic rings. The summed E-state index contributed by atoms with van der Waals surface area (Å²) in [5, 5.41) is 17.8. The number of nitrogens with zero attached hydrogens (tertiary/aromatic N) is 6. The molecule has 2 aromatic heterocycles. The van der Waals surface area contributed by atoms with Crippen LogP contribution in [0, 0.1) is 0 Å².